The molecule has 2 aromatic rings. The van der Waals surface area contributed by atoms with Gasteiger partial charge in [0.05, 0.1) is 12.2 Å². The summed E-state index contributed by atoms with van der Waals surface area (Å²) in [5.41, 5.74) is 0.665. The van der Waals surface area contributed by atoms with Crippen molar-refractivity contribution in [3.63, 3.8) is 0 Å². The standard InChI is InChI=1S/C12H9ClFN3O2S/c1-8-11(6-15)12(20(13,18)19)17(16-8)7-9-3-2-4-10(14)5-9/h2-5H,7H2,1H3. The Balaban J connectivity index is 2.56. The Kier molecular flexibility index (Phi) is 3.79. The third-order valence-corrected chi connectivity index (χ3v) is 3.96. The van der Waals surface area contributed by atoms with E-state index in [1.165, 1.54) is 25.1 Å². The maximum absolute atomic E-state index is 13.1. The van der Waals surface area contributed by atoms with Crippen LogP contribution in [-0.4, -0.2) is 18.2 Å². The van der Waals surface area contributed by atoms with Gasteiger partial charge in [-0.15, -0.1) is 0 Å². The van der Waals surface area contributed by atoms with Gasteiger partial charge in [-0.3, -0.25) is 0 Å². The highest BCUT2D eigenvalue weighted by Crippen LogP contribution is 2.23. The maximum atomic E-state index is 13.1. The first-order valence-corrected chi connectivity index (χ1v) is 7.80. The SMILES string of the molecule is Cc1nn(Cc2cccc(F)c2)c(S(=O)(=O)Cl)c1C#N. The lowest BCUT2D eigenvalue weighted by Gasteiger charge is -2.05. The highest BCUT2D eigenvalue weighted by atomic mass is 35.7. The number of nitriles is 1. The van der Waals surface area contributed by atoms with Crippen LogP contribution in [0.3, 0.4) is 0 Å². The molecule has 5 nitrogen and oxygen atoms in total. The van der Waals surface area contributed by atoms with Crippen LogP contribution in [0.15, 0.2) is 29.3 Å². The monoisotopic (exact) mass is 313 g/mol. The van der Waals surface area contributed by atoms with Crippen molar-refractivity contribution < 1.29 is 12.8 Å². The zero-order chi connectivity index (χ0) is 14.9. The second-order valence-corrected chi connectivity index (χ2v) is 6.58. The molecule has 0 fully saturated rings. The Labute approximate surface area is 119 Å². The zero-order valence-corrected chi connectivity index (χ0v) is 11.9. The van der Waals surface area contributed by atoms with E-state index in [1.807, 2.05) is 0 Å². The summed E-state index contributed by atoms with van der Waals surface area (Å²) >= 11 is 0. The van der Waals surface area contributed by atoms with E-state index in [9.17, 15) is 12.8 Å². The second kappa shape index (κ2) is 5.23. The minimum Gasteiger partial charge on any atom is -0.247 e. The second-order valence-electron chi connectivity index (χ2n) is 4.10. The van der Waals surface area contributed by atoms with Crippen LogP contribution in [0.2, 0.25) is 0 Å². The molecular weight excluding hydrogens is 305 g/mol. The summed E-state index contributed by atoms with van der Waals surface area (Å²) in [4.78, 5) is 0. The van der Waals surface area contributed by atoms with Crippen molar-refractivity contribution in [2.24, 2.45) is 0 Å². The van der Waals surface area contributed by atoms with Gasteiger partial charge in [-0.25, -0.2) is 17.5 Å². The van der Waals surface area contributed by atoms with Gasteiger partial charge >= 0.3 is 0 Å². The van der Waals surface area contributed by atoms with Crippen LogP contribution in [0.25, 0.3) is 0 Å². The van der Waals surface area contributed by atoms with E-state index in [2.05, 4.69) is 5.10 Å². The summed E-state index contributed by atoms with van der Waals surface area (Å²) in [6.07, 6.45) is 0. The van der Waals surface area contributed by atoms with E-state index in [0.717, 1.165) is 4.68 Å². The lowest BCUT2D eigenvalue weighted by molar-refractivity contribution is 0.570. The molecule has 0 aliphatic rings. The number of hydrogen-bond donors (Lipinski definition) is 0. The molecule has 0 aliphatic heterocycles. The summed E-state index contributed by atoms with van der Waals surface area (Å²) < 4.78 is 37.4. The first-order chi connectivity index (χ1) is 9.32. The quantitative estimate of drug-likeness (QED) is 0.814. The van der Waals surface area contributed by atoms with Crippen LogP contribution in [0.4, 0.5) is 4.39 Å². The summed E-state index contributed by atoms with van der Waals surface area (Å²) in [6.45, 7) is 1.51. The smallest absolute Gasteiger partial charge is 0.247 e. The molecule has 0 bridgehead atoms. The molecule has 20 heavy (non-hydrogen) atoms. The van der Waals surface area contributed by atoms with Crippen molar-refractivity contribution in [2.45, 2.75) is 18.5 Å². The lowest BCUT2D eigenvalue weighted by Crippen LogP contribution is -2.09. The van der Waals surface area contributed by atoms with Crippen molar-refractivity contribution in [2.75, 3.05) is 0 Å². The molecule has 0 radical (unpaired) electrons. The number of halogens is 2. The van der Waals surface area contributed by atoms with Crippen molar-refractivity contribution in [1.29, 1.82) is 5.26 Å². The minimum atomic E-state index is -4.13. The zero-order valence-electron chi connectivity index (χ0n) is 10.3. The maximum Gasteiger partial charge on any atom is 0.279 e. The molecule has 0 spiro atoms. The minimum absolute atomic E-state index is 0.00155. The molecular formula is C12H9ClFN3O2S. The molecule has 1 aromatic heterocycles. The fraction of sp³-hybridized carbons (Fsp3) is 0.167. The average molecular weight is 314 g/mol. The fourth-order valence-corrected chi connectivity index (χ4v) is 3.12. The largest absolute Gasteiger partial charge is 0.279 e. The molecule has 0 unspecified atom stereocenters. The van der Waals surface area contributed by atoms with E-state index < -0.39 is 14.9 Å². The molecule has 1 aromatic carbocycles. The Morgan fingerprint density at radius 1 is 1.50 bits per heavy atom. The van der Waals surface area contributed by atoms with Gasteiger partial charge < -0.3 is 0 Å². The molecule has 0 atom stereocenters. The van der Waals surface area contributed by atoms with E-state index in [0.29, 0.717) is 5.56 Å². The number of benzene rings is 1. The third kappa shape index (κ3) is 2.81. The molecule has 0 amide bonds. The first kappa shape index (κ1) is 14.5. The van der Waals surface area contributed by atoms with E-state index in [-0.39, 0.29) is 22.8 Å². The number of rotatable bonds is 3. The van der Waals surface area contributed by atoms with Gasteiger partial charge in [0, 0.05) is 10.7 Å². The summed E-state index contributed by atoms with van der Waals surface area (Å²) in [6, 6.07) is 7.42. The van der Waals surface area contributed by atoms with Crippen LogP contribution >= 0.6 is 10.7 Å². The molecule has 0 N–H and O–H groups in total. The predicted molar refractivity (Wildman–Crippen MR) is 70.2 cm³/mol. The van der Waals surface area contributed by atoms with Gasteiger partial charge in [-0.2, -0.15) is 10.4 Å². The van der Waals surface area contributed by atoms with Gasteiger partial charge in [0.15, 0.2) is 5.03 Å². The Hall–Kier alpha value is -1.91. The number of hydrogen-bond acceptors (Lipinski definition) is 4. The number of aryl methyl sites for hydroxylation is 1. The van der Waals surface area contributed by atoms with Crippen molar-refractivity contribution in [1.82, 2.24) is 9.78 Å². The fourth-order valence-electron chi connectivity index (χ4n) is 1.85. The lowest BCUT2D eigenvalue weighted by atomic mass is 10.2. The van der Waals surface area contributed by atoms with Gasteiger partial charge in [0.25, 0.3) is 9.05 Å². The summed E-state index contributed by atoms with van der Waals surface area (Å²) in [5.74, 6) is -0.442. The molecule has 8 heteroatoms. The average Bonchev–Trinajstić information content (AvgIpc) is 2.64. The van der Waals surface area contributed by atoms with Gasteiger partial charge in [0.2, 0.25) is 0 Å². The van der Waals surface area contributed by atoms with E-state index >= 15 is 0 Å². The van der Waals surface area contributed by atoms with Gasteiger partial charge in [0.1, 0.15) is 17.4 Å². The number of nitrogens with zero attached hydrogens (tertiary/aromatic N) is 3. The van der Waals surface area contributed by atoms with Crippen LogP contribution in [-0.2, 0) is 15.6 Å². The van der Waals surface area contributed by atoms with Crippen molar-refractivity contribution in [3.8, 4) is 6.07 Å². The van der Waals surface area contributed by atoms with E-state index in [1.54, 1.807) is 12.1 Å². The van der Waals surface area contributed by atoms with Crippen molar-refractivity contribution >= 4 is 19.7 Å². The highest BCUT2D eigenvalue weighted by molar-refractivity contribution is 8.13. The Morgan fingerprint density at radius 3 is 2.75 bits per heavy atom. The Bertz CT molecular complexity index is 809. The molecule has 0 saturated heterocycles. The van der Waals surface area contributed by atoms with Gasteiger partial charge in [-0.05, 0) is 24.6 Å². The molecule has 104 valence electrons. The first-order valence-electron chi connectivity index (χ1n) is 5.49. The summed E-state index contributed by atoms with van der Waals surface area (Å²) in [5, 5.41) is 12.6. The van der Waals surface area contributed by atoms with Crippen LogP contribution < -0.4 is 0 Å². The highest BCUT2D eigenvalue weighted by Gasteiger charge is 2.25. The van der Waals surface area contributed by atoms with Crippen LogP contribution in [0.1, 0.15) is 16.8 Å². The van der Waals surface area contributed by atoms with Crippen molar-refractivity contribution in [3.05, 3.63) is 46.9 Å². The van der Waals surface area contributed by atoms with Crippen LogP contribution in [0.5, 0.6) is 0 Å². The summed E-state index contributed by atoms with van der Waals surface area (Å²) in [7, 11) is 1.22. The normalized spacial score (nSPS) is 11.3. The Morgan fingerprint density at radius 2 is 2.20 bits per heavy atom. The molecule has 1 heterocycles. The molecule has 0 saturated carbocycles. The molecule has 0 aliphatic carbocycles. The third-order valence-electron chi connectivity index (χ3n) is 2.64. The number of aromatic nitrogens is 2. The van der Waals surface area contributed by atoms with E-state index in [4.69, 9.17) is 15.9 Å². The predicted octanol–water partition coefficient (Wildman–Crippen LogP) is 2.18. The van der Waals surface area contributed by atoms with Gasteiger partial charge in [-0.1, -0.05) is 12.1 Å². The topological polar surface area (TPSA) is 75.8 Å². The van der Waals surface area contributed by atoms with Crippen LogP contribution in [0, 0.1) is 24.1 Å². The molecule has 2 rings (SSSR count).